The highest BCUT2D eigenvalue weighted by Gasteiger charge is 2.00. The lowest BCUT2D eigenvalue weighted by atomic mass is 10.1. The zero-order valence-electron chi connectivity index (χ0n) is 11.3. The van der Waals surface area contributed by atoms with Gasteiger partial charge in [-0.05, 0) is 26.7 Å². The molecule has 0 spiro atoms. The molecular formula is C14H32N+. The number of unbranched alkanes of at least 4 members (excludes halogenated alkanes) is 7. The molecule has 0 aliphatic heterocycles. The molecule has 1 N–H and O–H groups in total. The molecule has 0 fully saturated rings. The lowest BCUT2D eigenvalue weighted by Crippen LogP contribution is -3.11. The van der Waals surface area contributed by atoms with Crippen molar-refractivity contribution in [3.8, 4) is 0 Å². The van der Waals surface area contributed by atoms with Gasteiger partial charge in [0, 0.05) is 0 Å². The van der Waals surface area contributed by atoms with Crippen molar-refractivity contribution in [2.24, 2.45) is 0 Å². The highest BCUT2D eigenvalue weighted by molar-refractivity contribution is 4.45. The van der Waals surface area contributed by atoms with Crippen molar-refractivity contribution < 1.29 is 4.90 Å². The summed E-state index contributed by atoms with van der Waals surface area (Å²) in [5.74, 6) is 0. The SMILES string of the molecule is CCCCCCCCCC[NH+](CC)CC. The smallest absolute Gasteiger partial charge is 0.0770 e. The molecule has 0 saturated carbocycles. The van der Waals surface area contributed by atoms with Crippen molar-refractivity contribution in [1.82, 2.24) is 0 Å². The van der Waals surface area contributed by atoms with Crippen LogP contribution in [0.4, 0.5) is 0 Å². The van der Waals surface area contributed by atoms with E-state index in [1.807, 2.05) is 0 Å². The predicted octanol–water partition coefficient (Wildman–Crippen LogP) is 3.05. The van der Waals surface area contributed by atoms with Gasteiger partial charge < -0.3 is 4.90 Å². The van der Waals surface area contributed by atoms with Gasteiger partial charge in [-0.15, -0.1) is 0 Å². The van der Waals surface area contributed by atoms with Crippen LogP contribution in [0.25, 0.3) is 0 Å². The largest absolute Gasteiger partial charge is 0.335 e. The van der Waals surface area contributed by atoms with Gasteiger partial charge in [-0.25, -0.2) is 0 Å². The summed E-state index contributed by atoms with van der Waals surface area (Å²) in [5.41, 5.74) is 0. The topological polar surface area (TPSA) is 4.44 Å². The second-order valence-electron chi connectivity index (χ2n) is 4.68. The Hall–Kier alpha value is -0.0400. The van der Waals surface area contributed by atoms with Crippen molar-refractivity contribution in [1.29, 1.82) is 0 Å². The van der Waals surface area contributed by atoms with Crippen molar-refractivity contribution in [3.63, 3.8) is 0 Å². The molecule has 0 rings (SSSR count). The molecule has 0 amide bonds. The lowest BCUT2D eigenvalue weighted by Gasteiger charge is -2.14. The van der Waals surface area contributed by atoms with E-state index in [2.05, 4.69) is 20.8 Å². The Morgan fingerprint density at radius 2 is 1.07 bits per heavy atom. The molecule has 0 bridgehead atoms. The molecule has 15 heavy (non-hydrogen) atoms. The quantitative estimate of drug-likeness (QED) is 0.504. The van der Waals surface area contributed by atoms with Gasteiger partial charge in [0.15, 0.2) is 0 Å². The second kappa shape index (κ2) is 12.0. The molecule has 92 valence electrons. The first kappa shape index (κ1) is 15.0. The van der Waals surface area contributed by atoms with Gasteiger partial charge >= 0.3 is 0 Å². The van der Waals surface area contributed by atoms with E-state index in [1.54, 1.807) is 4.90 Å². The van der Waals surface area contributed by atoms with E-state index in [9.17, 15) is 0 Å². The van der Waals surface area contributed by atoms with Crippen molar-refractivity contribution in [2.75, 3.05) is 19.6 Å². The molecule has 1 nitrogen and oxygen atoms in total. The molecule has 0 radical (unpaired) electrons. The minimum Gasteiger partial charge on any atom is -0.335 e. The van der Waals surface area contributed by atoms with Crippen LogP contribution < -0.4 is 4.90 Å². The van der Waals surface area contributed by atoms with Crippen LogP contribution in [0.3, 0.4) is 0 Å². The fraction of sp³-hybridized carbons (Fsp3) is 1.00. The Bertz CT molecular complexity index is 108. The van der Waals surface area contributed by atoms with E-state index in [1.165, 1.54) is 71.0 Å². The monoisotopic (exact) mass is 214 g/mol. The summed E-state index contributed by atoms with van der Waals surface area (Å²) in [6, 6.07) is 0. The first-order valence-corrected chi connectivity index (χ1v) is 7.18. The first-order chi connectivity index (χ1) is 7.35. The summed E-state index contributed by atoms with van der Waals surface area (Å²) in [6.45, 7) is 10.9. The summed E-state index contributed by atoms with van der Waals surface area (Å²) >= 11 is 0. The Kier molecular flexibility index (Phi) is 12.0. The minimum atomic E-state index is 1.30. The summed E-state index contributed by atoms with van der Waals surface area (Å²) in [4.78, 5) is 1.76. The third kappa shape index (κ3) is 10.2. The van der Waals surface area contributed by atoms with E-state index in [0.29, 0.717) is 0 Å². The zero-order valence-corrected chi connectivity index (χ0v) is 11.3. The number of rotatable bonds is 11. The molecule has 0 heterocycles. The summed E-state index contributed by atoms with van der Waals surface area (Å²) in [6.07, 6.45) is 11.5. The second-order valence-corrected chi connectivity index (χ2v) is 4.68. The normalized spacial score (nSPS) is 11.2. The molecule has 1 heteroatoms. The summed E-state index contributed by atoms with van der Waals surface area (Å²) < 4.78 is 0. The first-order valence-electron chi connectivity index (χ1n) is 7.18. The van der Waals surface area contributed by atoms with Gasteiger partial charge in [0.25, 0.3) is 0 Å². The number of nitrogens with one attached hydrogen (secondary N) is 1. The molecule has 0 unspecified atom stereocenters. The average molecular weight is 214 g/mol. The van der Waals surface area contributed by atoms with E-state index < -0.39 is 0 Å². The summed E-state index contributed by atoms with van der Waals surface area (Å²) in [5, 5.41) is 0. The third-order valence-corrected chi connectivity index (χ3v) is 3.38. The van der Waals surface area contributed by atoms with Crippen molar-refractivity contribution >= 4 is 0 Å². The standard InChI is InChI=1S/C14H31N/c1-4-7-8-9-10-11-12-13-14-15(5-2)6-3/h4-14H2,1-3H3/p+1. The van der Waals surface area contributed by atoms with Gasteiger partial charge in [0.1, 0.15) is 0 Å². The molecule has 0 aliphatic carbocycles. The Morgan fingerprint density at radius 3 is 1.53 bits per heavy atom. The predicted molar refractivity (Wildman–Crippen MR) is 69.5 cm³/mol. The van der Waals surface area contributed by atoms with E-state index >= 15 is 0 Å². The average Bonchev–Trinajstić information content (AvgIpc) is 2.27. The van der Waals surface area contributed by atoms with Crippen LogP contribution in [0.15, 0.2) is 0 Å². The fourth-order valence-electron chi connectivity index (χ4n) is 2.11. The van der Waals surface area contributed by atoms with Crippen molar-refractivity contribution in [2.45, 2.75) is 72.1 Å². The maximum atomic E-state index is 2.30. The van der Waals surface area contributed by atoms with Crippen LogP contribution in [0.5, 0.6) is 0 Å². The van der Waals surface area contributed by atoms with Gasteiger partial charge in [0.2, 0.25) is 0 Å². The van der Waals surface area contributed by atoms with E-state index in [0.717, 1.165) is 0 Å². The molecule has 0 aliphatic rings. The van der Waals surface area contributed by atoms with Gasteiger partial charge in [-0.3, -0.25) is 0 Å². The molecule has 0 saturated heterocycles. The Labute approximate surface area is 97.2 Å². The van der Waals surface area contributed by atoms with Gasteiger partial charge in [-0.1, -0.05) is 45.4 Å². The molecule has 0 aromatic carbocycles. The molecule has 0 atom stereocenters. The maximum absolute atomic E-state index is 2.30. The highest BCUT2D eigenvalue weighted by atomic mass is 15.1. The lowest BCUT2D eigenvalue weighted by molar-refractivity contribution is -0.896. The Balaban J connectivity index is 3.04. The Morgan fingerprint density at radius 1 is 0.600 bits per heavy atom. The van der Waals surface area contributed by atoms with Crippen LogP contribution in [0, 0.1) is 0 Å². The molecular weight excluding hydrogens is 182 g/mol. The third-order valence-electron chi connectivity index (χ3n) is 3.38. The van der Waals surface area contributed by atoms with E-state index in [4.69, 9.17) is 0 Å². The highest BCUT2D eigenvalue weighted by Crippen LogP contribution is 2.07. The van der Waals surface area contributed by atoms with Gasteiger partial charge in [-0.2, -0.15) is 0 Å². The van der Waals surface area contributed by atoms with Crippen LogP contribution in [-0.2, 0) is 0 Å². The maximum Gasteiger partial charge on any atom is 0.0770 e. The molecule has 0 aromatic rings. The van der Waals surface area contributed by atoms with E-state index in [-0.39, 0.29) is 0 Å². The van der Waals surface area contributed by atoms with Gasteiger partial charge in [0.05, 0.1) is 19.6 Å². The molecule has 0 aromatic heterocycles. The fourth-order valence-corrected chi connectivity index (χ4v) is 2.11. The zero-order chi connectivity index (χ0) is 11.4. The number of hydrogen-bond donors (Lipinski definition) is 1. The number of quaternary nitrogens is 1. The van der Waals surface area contributed by atoms with Crippen LogP contribution >= 0.6 is 0 Å². The minimum absolute atomic E-state index is 1.30. The van der Waals surface area contributed by atoms with Crippen LogP contribution in [0.2, 0.25) is 0 Å². The number of hydrogen-bond acceptors (Lipinski definition) is 0. The van der Waals surface area contributed by atoms with Crippen LogP contribution in [0.1, 0.15) is 72.1 Å². The summed E-state index contributed by atoms with van der Waals surface area (Å²) in [7, 11) is 0. The van der Waals surface area contributed by atoms with Crippen LogP contribution in [-0.4, -0.2) is 19.6 Å². The van der Waals surface area contributed by atoms with Crippen molar-refractivity contribution in [3.05, 3.63) is 0 Å².